The van der Waals surface area contributed by atoms with Gasteiger partial charge in [-0.2, -0.15) is 13.5 Å². The van der Waals surface area contributed by atoms with Gasteiger partial charge >= 0.3 is 16.4 Å². The number of thiazole rings is 1. The SMILES string of the molecule is CC(C)(N)CN=C(N)c1ccc(OC[C@H](O/N=C(\C(=O)C[C@@H]2C(=O)N(OS(=O)(=O)O)C2(C)C)c2csc(N)n2)C(=O)O)cc1. The molecule has 3 rings (SSSR count). The van der Waals surface area contributed by atoms with E-state index in [1.807, 2.05) is 13.8 Å². The first kappa shape index (κ1) is 34.3. The first-order valence-electron chi connectivity index (χ1n) is 12.8. The fourth-order valence-electron chi connectivity index (χ4n) is 3.82. The van der Waals surface area contributed by atoms with Gasteiger partial charge in [-0.05, 0) is 52.0 Å². The molecule has 0 aliphatic carbocycles. The van der Waals surface area contributed by atoms with Gasteiger partial charge in [-0.15, -0.1) is 15.6 Å². The van der Waals surface area contributed by atoms with E-state index in [9.17, 15) is 27.9 Å². The number of benzene rings is 1. The van der Waals surface area contributed by atoms with Crippen molar-refractivity contribution in [2.45, 2.75) is 51.3 Å². The van der Waals surface area contributed by atoms with Crippen molar-refractivity contribution in [3.8, 4) is 5.75 Å². The van der Waals surface area contributed by atoms with E-state index in [2.05, 4.69) is 19.4 Å². The Bertz CT molecular complexity index is 1560. The summed E-state index contributed by atoms with van der Waals surface area (Å²) >= 11 is 0.975. The lowest BCUT2D eigenvalue weighted by Gasteiger charge is -2.50. The number of aromatic nitrogens is 1. The number of amidine groups is 1. The molecule has 2 aromatic rings. The van der Waals surface area contributed by atoms with Crippen molar-refractivity contribution in [1.82, 2.24) is 10.0 Å². The summed E-state index contributed by atoms with van der Waals surface area (Å²) < 4.78 is 40.9. The molecular weight excluding hydrogens is 622 g/mol. The van der Waals surface area contributed by atoms with Crippen molar-refractivity contribution in [3.63, 3.8) is 0 Å². The fraction of sp³-hybridized carbons (Fsp3) is 0.440. The molecule has 1 fully saturated rings. The van der Waals surface area contributed by atoms with E-state index in [1.165, 1.54) is 19.2 Å². The van der Waals surface area contributed by atoms with Gasteiger partial charge in [0.1, 0.15) is 23.9 Å². The third kappa shape index (κ3) is 8.92. The third-order valence-corrected chi connectivity index (χ3v) is 7.23. The number of anilines is 1. The maximum Gasteiger partial charge on any atom is 0.418 e. The molecular formula is C25H33N7O10S2. The number of carboxylic acids is 1. The second-order valence-corrected chi connectivity index (χ2v) is 12.8. The molecule has 2 heterocycles. The molecule has 0 saturated carbocycles. The Morgan fingerprint density at radius 3 is 2.39 bits per heavy atom. The molecule has 0 spiro atoms. The maximum atomic E-state index is 13.3. The Morgan fingerprint density at radius 2 is 1.89 bits per heavy atom. The van der Waals surface area contributed by atoms with Crippen LogP contribution in [0, 0.1) is 5.92 Å². The number of ether oxygens (including phenoxy) is 1. The predicted molar refractivity (Wildman–Crippen MR) is 158 cm³/mol. The fourth-order valence-corrected chi connectivity index (χ4v) is 4.83. The predicted octanol–water partition coefficient (Wildman–Crippen LogP) is 0.351. The minimum atomic E-state index is -4.99. The summed E-state index contributed by atoms with van der Waals surface area (Å²) in [4.78, 5) is 51.1. The third-order valence-electron chi connectivity index (χ3n) is 6.22. The van der Waals surface area contributed by atoms with Crippen molar-refractivity contribution in [1.29, 1.82) is 0 Å². The van der Waals surface area contributed by atoms with Crippen LogP contribution in [0.1, 0.15) is 45.4 Å². The number of carbonyl (C=O) groups is 3. The standard InChI is InChI=1S/C25H33N7O10S2/c1-24(2,28)12-29-20(26)13-5-7-14(8-6-13)40-10-18(22(35)36)41-31-19(16-11-43-23(27)30-16)17(33)9-15-21(34)32(25(15,3)4)42-44(37,38)39/h5-8,11,15,18H,9-10,12,28H2,1-4H3,(H2,26,29)(H2,27,30)(H,35,36)(H,37,38,39)/b31-19-/t15-,18+/m1/s1. The summed E-state index contributed by atoms with van der Waals surface area (Å²) in [6.45, 7) is 6.25. The molecule has 44 heavy (non-hydrogen) atoms. The van der Waals surface area contributed by atoms with Crippen LogP contribution in [0.25, 0.3) is 0 Å². The number of aliphatic imine (C=N–C) groups is 1. The molecule has 1 saturated heterocycles. The van der Waals surface area contributed by atoms with Gasteiger partial charge < -0.3 is 31.9 Å². The highest BCUT2D eigenvalue weighted by atomic mass is 32.3. The van der Waals surface area contributed by atoms with Gasteiger partial charge in [0.05, 0.1) is 18.0 Å². The normalized spacial score (nSPS) is 18.0. The van der Waals surface area contributed by atoms with Gasteiger partial charge in [0, 0.05) is 22.9 Å². The number of nitrogen functional groups attached to an aromatic ring is 1. The number of ketones is 1. The second kappa shape index (κ2) is 13.2. The average molecular weight is 656 g/mol. The Kier molecular flexibility index (Phi) is 10.3. The molecule has 1 aromatic heterocycles. The van der Waals surface area contributed by atoms with Crippen molar-refractivity contribution >= 4 is 56.1 Å². The molecule has 0 bridgehead atoms. The quantitative estimate of drug-likeness (QED) is 0.0569. The Balaban J connectivity index is 1.73. The van der Waals surface area contributed by atoms with Gasteiger partial charge in [-0.25, -0.2) is 9.78 Å². The van der Waals surface area contributed by atoms with Crippen LogP contribution in [0.15, 0.2) is 39.8 Å². The van der Waals surface area contributed by atoms with Crippen molar-refractivity contribution in [2.24, 2.45) is 27.5 Å². The van der Waals surface area contributed by atoms with Crippen molar-refractivity contribution < 1.29 is 46.3 Å². The molecule has 1 aliphatic heterocycles. The van der Waals surface area contributed by atoms with Crippen LogP contribution in [-0.2, 0) is 33.9 Å². The molecule has 17 nitrogen and oxygen atoms in total. The second-order valence-electron chi connectivity index (χ2n) is 10.9. The number of nitrogens with two attached hydrogens (primary N) is 3. The zero-order valence-corrected chi connectivity index (χ0v) is 25.8. The van der Waals surface area contributed by atoms with E-state index in [4.69, 9.17) is 31.3 Å². The van der Waals surface area contributed by atoms with E-state index in [0.717, 1.165) is 11.3 Å². The highest BCUT2D eigenvalue weighted by Crippen LogP contribution is 2.40. The number of amides is 1. The molecule has 1 aromatic carbocycles. The Hall–Kier alpha value is -4.17. The summed E-state index contributed by atoms with van der Waals surface area (Å²) in [6, 6.07) is 6.35. The number of hydrogen-bond acceptors (Lipinski definition) is 14. The van der Waals surface area contributed by atoms with Gasteiger partial charge in [0.15, 0.2) is 16.6 Å². The van der Waals surface area contributed by atoms with Crippen LogP contribution >= 0.6 is 11.3 Å². The van der Waals surface area contributed by atoms with Gasteiger partial charge in [0.2, 0.25) is 0 Å². The van der Waals surface area contributed by atoms with E-state index in [-0.39, 0.29) is 22.4 Å². The number of oxime groups is 1. The minimum absolute atomic E-state index is 0.0361. The van der Waals surface area contributed by atoms with Gasteiger partial charge in [-0.1, -0.05) is 5.16 Å². The van der Waals surface area contributed by atoms with Crippen LogP contribution < -0.4 is 21.9 Å². The summed E-state index contributed by atoms with van der Waals surface area (Å²) in [5, 5.41) is 15.3. The van der Waals surface area contributed by atoms with Crippen LogP contribution in [0.4, 0.5) is 5.13 Å². The number of hydrogen-bond donors (Lipinski definition) is 5. The number of hydroxylamine groups is 2. The summed E-state index contributed by atoms with van der Waals surface area (Å²) in [5.41, 5.74) is 15.9. The smallest absolute Gasteiger partial charge is 0.418 e. The van der Waals surface area contributed by atoms with Crippen molar-refractivity contribution in [2.75, 3.05) is 18.9 Å². The minimum Gasteiger partial charge on any atom is -0.489 e. The number of carboxylic acid groups (broad SMARTS) is 1. The molecule has 0 radical (unpaired) electrons. The van der Waals surface area contributed by atoms with Crippen LogP contribution in [0.5, 0.6) is 5.75 Å². The van der Waals surface area contributed by atoms with Crippen molar-refractivity contribution in [3.05, 3.63) is 40.9 Å². The topological polar surface area (TPSA) is 272 Å². The lowest BCUT2D eigenvalue weighted by Crippen LogP contribution is -2.68. The largest absolute Gasteiger partial charge is 0.489 e. The van der Waals surface area contributed by atoms with Crippen LogP contribution in [0.2, 0.25) is 0 Å². The summed E-state index contributed by atoms with van der Waals surface area (Å²) in [6.07, 6.45) is -2.18. The Labute approximate surface area is 256 Å². The number of aliphatic carboxylic acids is 1. The van der Waals surface area contributed by atoms with E-state index in [0.29, 0.717) is 17.2 Å². The molecule has 240 valence electrons. The number of rotatable bonds is 15. The highest BCUT2D eigenvalue weighted by molar-refractivity contribution is 7.80. The van der Waals surface area contributed by atoms with Gasteiger partial charge in [-0.3, -0.25) is 19.1 Å². The zero-order valence-electron chi connectivity index (χ0n) is 24.2. The maximum absolute atomic E-state index is 13.3. The number of nitrogens with zero attached hydrogens (tertiary/aromatic N) is 4. The van der Waals surface area contributed by atoms with Crippen LogP contribution in [-0.4, -0.2) is 87.7 Å². The average Bonchev–Trinajstić information content (AvgIpc) is 3.35. The monoisotopic (exact) mass is 655 g/mol. The highest BCUT2D eigenvalue weighted by Gasteiger charge is 2.57. The molecule has 1 aliphatic rings. The van der Waals surface area contributed by atoms with Gasteiger partial charge in [0.25, 0.3) is 12.0 Å². The molecule has 8 N–H and O–H groups in total. The Morgan fingerprint density at radius 1 is 1.25 bits per heavy atom. The number of β-lactam (4-membered cyclic amide) rings is 1. The van der Waals surface area contributed by atoms with Crippen LogP contribution in [0.3, 0.4) is 0 Å². The number of carbonyl (C=O) groups excluding carboxylic acids is 2. The molecule has 19 heteroatoms. The van der Waals surface area contributed by atoms with E-state index >= 15 is 0 Å². The van der Waals surface area contributed by atoms with E-state index < -0.39 is 69.9 Å². The number of Topliss-reactive ketones (excluding diaryl/α,β-unsaturated/α-hetero) is 1. The lowest BCUT2D eigenvalue weighted by molar-refractivity contribution is -0.228. The zero-order chi connectivity index (χ0) is 33.0. The first-order chi connectivity index (χ1) is 20.3. The first-order valence-corrected chi connectivity index (χ1v) is 15.1. The molecule has 1 amide bonds. The molecule has 2 atom stereocenters. The summed E-state index contributed by atoms with van der Waals surface area (Å²) in [7, 11) is -4.99. The molecule has 0 unspecified atom stereocenters. The van der Waals surface area contributed by atoms with E-state index in [1.54, 1.807) is 24.3 Å². The lowest BCUT2D eigenvalue weighted by atomic mass is 9.74. The summed E-state index contributed by atoms with van der Waals surface area (Å²) in [5.74, 6) is -3.67.